The van der Waals surface area contributed by atoms with Crippen LogP contribution in [-0.4, -0.2) is 55.8 Å². The Morgan fingerprint density at radius 3 is 2.63 bits per heavy atom. The summed E-state index contributed by atoms with van der Waals surface area (Å²) in [5, 5.41) is 8.76. The number of aromatic nitrogens is 1. The highest BCUT2D eigenvalue weighted by Gasteiger charge is 2.21. The van der Waals surface area contributed by atoms with Crippen molar-refractivity contribution in [1.82, 2.24) is 9.88 Å². The molecule has 0 aliphatic carbocycles. The normalized spacial score (nSPS) is 18.1. The van der Waals surface area contributed by atoms with Crippen molar-refractivity contribution in [3.63, 3.8) is 0 Å². The van der Waals surface area contributed by atoms with E-state index in [2.05, 4.69) is 27.8 Å². The van der Waals surface area contributed by atoms with Gasteiger partial charge in [0.05, 0.1) is 12.2 Å². The molecule has 5 nitrogen and oxygen atoms in total. The highest BCUT2D eigenvalue weighted by Crippen LogP contribution is 2.15. The SMILES string of the molecule is COC[C@H](C)N1CCN(c2ccc(C#N)cn2)CC1. The van der Waals surface area contributed by atoms with E-state index < -0.39 is 0 Å². The van der Waals surface area contributed by atoms with Crippen molar-refractivity contribution in [2.75, 3.05) is 44.8 Å². The Bertz CT molecular complexity index is 432. The van der Waals surface area contributed by atoms with Crippen molar-refractivity contribution < 1.29 is 4.74 Å². The minimum Gasteiger partial charge on any atom is -0.383 e. The van der Waals surface area contributed by atoms with Gasteiger partial charge in [0.15, 0.2) is 0 Å². The van der Waals surface area contributed by atoms with Crippen LogP contribution in [0.15, 0.2) is 18.3 Å². The van der Waals surface area contributed by atoms with Crippen LogP contribution in [0.5, 0.6) is 0 Å². The van der Waals surface area contributed by atoms with Gasteiger partial charge in [-0.3, -0.25) is 4.90 Å². The molecule has 5 heteroatoms. The largest absolute Gasteiger partial charge is 0.383 e. The van der Waals surface area contributed by atoms with Crippen LogP contribution < -0.4 is 4.90 Å². The summed E-state index contributed by atoms with van der Waals surface area (Å²) in [5.41, 5.74) is 0.608. The molecule has 1 fully saturated rings. The van der Waals surface area contributed by atoms with E-state index in [1.807, 2.05) is 12.1 Å². The number of piperazine rings is 1. The van der Waals surface area contributed by atoms with Crippen molar-refractivity contribution in [1.29, 1.82) is 5.26 Å². The van der Waals surface area contributed by atoms with E-state index in [0.717, 1.165) is 38.6 Å². The average Bonchev–Trinajstić information content (AvgIpc) is 2.48. The number of nitrogens with zero attached hydrogens (tertiary/aromatic N) is 4. The summed E-state index contributed by atoms with van der Waals surface area (Å²) in [6.07, 6.45) is 1.63. The summed E-state index contributed by atoms with van der Waals surface area (Å²) in [6, 6.07) is 6.29. The van der Waals surface area contributed by atoms with Crippen LogP contribution in [0.4, 0.5) is 5.82 Å². The molecule has 0 unspecified atom stereocenters. The molecule has 1 aliphatic rings. The number of methoxy groups -OCH3 is 1. The Morgan fingerprint density at radius 1 is 1.37 bits per heavy atom. The van der Waals surface area contributed by atoms with Gasteiger partial charge in [0, 0.05) is 45.5 Å². The zero-order chi connectivity index (χ0) is 13.7. The van der Waals surface area contributed by atoms with Gasteiger partial charge in [-0.15, -0.1) is 0 Å². The molecular formula is C14H20N4O. The molecule has 2 rings (SSSR count). The Hall–Kier alpha value is -1.64. The summed E-state index contributed by atoms with van der Waals surface area (Å²) in [4.78, 5) is 9.03. The lowest BCUT2D eigenvalue weighted by Crippen LogP contribution is -2.50. The Labute approximate surface area is 114 Å². The van der Waals surface area contributed by atoms with Gasteiger partial charge in [-0.05, 0) is 19.1 Å². The molecule has 1 aromatic rings. The third-order valence-corrected chi connectivity index (χ3v) is 3.55. The molecule has 1 aliphatic heterocycles. The molecule has 1 saturated heterocycles. The van der Waals surface area contributed by atoms with E-state index in [4.69, 9.17) is 10.00 Å². The molecule has 0 bridgehead atoms. The Balaban J connectivity index is 1.90. The highest BCUT2D eigenvalue weighted by molar-refractivity contribution is 5.42. The van der Waals surface area contributed by atoms with E-state index in [9.17, 15) is 0 Å². The molecule has 1 aromatic heterocycles. The predicted molar refractivity (Wildman–Crippen MR) is 74.1 cm³/mol. The Morgan fingerprint density at radius 2 is 2.11 bits per heavy atom. The second-order valence-corrected chi connectivity index (χ2v) is 4.84. The van der Waals surface area contributed by atoms with E-state index in [1.54, 1.807) is 13.3 Å². The fraction of sp³-hybridized carbons (Fsp3) is 0.571. The maximum atomic E-state index is 8.76. The lowest BCUT2D eigenvalue weighted by molar-refractivity contribution is 0.0952. The zero-order valence-corrected chi connectivity index (χ0v) is 11.5. The van der Waals surface area contributed by atoms with Crippen molar-refractivity contribution in [3.05, 3.63) is 23.9 Å². The third-order valence-electron chi connectivity index (χ3n) is 3.55. The second-order valence-electron chi connectivity index (χ2n) is 4.84. The lowest BCUT2D eigenvalue weighted by Gasteiger charge is -2.38. The topological polar surface area (TPSA) is 52.4 Å². The van der Waals surface area contributed by atoms with Crippen LogP contribution in [-0.2, 0) is 4.74 Å². The van der Waals surface area contributed by atoms with Gasteiger partial charge in [0.1, 0.15) is 11.9 Å². The molecule has 0 saturated carbocycles. The summed E-state index contributed by atoms with van der Waals surface area (Å²) >= 11 is 0. The van der Waals surface area contributed by atoms with Crippen LogP contribution in [0, 0.1) is 11.3 Å². The summed E-state index contributed by atoms with van der Waals surface area (Å²) < 4.78 is 5.20. The first kappa shape index (κ1) is 13.8. The molecule has 0 aromatic carbocycles. The number of anilines is 1. The number of ether oxygens (including phenoxy) is 1. The first-order valence-corrected chi connectivity index (χ1v) is 6.58. The number of hydrogen-bond donors (Lipinski definition) is 0. The minimum absolute atomic E-state index is 0.459. The van der Waals surface area contributed by atoms with Crippen molar-refractivity contribution in [3.8, 4) is 6.07 Å². The van der Waals surface area contributed by atoms with Gasteiger partial charge < -0.3 is 9.64 Å². The zero-order valence-electron chi connectivity index (χ0n) is 11.5. The number of pyridine rings is 1. The van der Waals surface area contributed by atoms with E-state index >= 15 is 0 Å². The van der Waals surface area contributed by atoms with Crippen molar-refractivity contribution in [2.24, 2.45) is 0 Å². The van der Waals surface area contributed by atoms with Gasteiger partial charge in [0.25, 0.3) is 0 Å². The predicted octanol–water partition coefficient (Wildman–Crippen LogP) is 1.11. The monoisotopic (exact) mass is 260 g/mol. The highest BCUT2D eigenvalue weighted by atomic mass is 16.5. The van der Waals surface area contributed by atoms with Crippen LogP contribution in [0.1, 0.15) is 12.5 Å². The molecule has 19 heavy (non-hydrogen) atoms. The average molecular weight is 260 g/mol. The number of nitriles is 1. The fourth-order valence-electron chi connectivity index (χ4n) is 2.38. The van der Waals surface area contributed by atoms with Crippen LogP contribution in [0.25, 0.3) is 0 Å². The standard InChI is InChI=1S/C14H20N4O/c1-12(11-19-2)17-5-7-18(8-6-17)14-4-3-13(9-15)10-16-14/h3-4,10,12H,5-8,11H2,1-2H3/t12-/m0/s1. The first-order valence-electron chi connectivity index (χ1n) is 6.58. The van der Waals surface area contributed by atoms with Gasteiger partial charge >= 0.3 is 0 Å². The molecule has 2 heterocycles. The maximum absolute atomic E-state index is 8.76. The summed E-state index contributed by atoms with van der Waals surface area (Å²) in [5.74, 6) is 0.957. The van der Waals surface area contributed by atoms with Gasteiger partial charge in [0.2, 0.25) is 0 Å². The third kappa shape index (κ3) is 3.43. The molecule has 0 radical (unpaired) electrons. The minimum atomic E-state index is 0.459. The summed E-state index contributed by atoms with van der Waals surface area (Å²) in [7, 11) is 1.74. The van der Waals surface area contributed by atoms with E-state index in [-0.39, 0.29) is 0 Å². The Kier molecular flexibility index (Phi) is 4.72. The number of hydrogen-bond acceptors (Lipinski definition) is 5. The quantitative estimate of drug-likeness (QED) is 0.811. The van der Waals surface area contributed by atoms with E-state index in [1.165, 1.54) is 0 Å². The molecule has 102 valence electrons. The van der Waals surface area contributed by atoms with Gasteiger partial charge in [-0.1, -0.05) is 0 Å². The smallest absolute Gasteiger partial charge is 0.128 e. The second kappa shape index (κ2) is 6.50. The molecular weight excluding hydrogens is 240 g/mol. The molecule has 0 spiro atoms. The van der Waals surface area contributed by atoms with Crippen molar-refractivity contribution in [2.45, 2.75) is 13.0 Å². The van der Waals surface area contributed by atoms with E-state index in [0.29, 0.717) is 11.6 Å². The molecule has 0 N–H and O–H groups in total. The molecule has 1 atom stereocenters. The lowest BCUT2D eigenvalue weighted by atomic mass is 10.2. The fourth-order valence-corrected chi connectivity index (χ4v) is 2.38. The molecule has 0 amide bonds. The van der Waals surface area contributed by atoms with Crippen LogP contribution >= 0.6 is 0 Å². The maximum Gasteiger partial charge on any atom is 0.128 e. The van der Waals surface area contributed by atoms with Gasteiger partial charge in [-0.25, -0.2) is 4.98 Å². The van der Waals surface area contributed by atoms with Crippen molar-refractivity contribution >= 4 is 5.82 Å². The number of rotatable bonds is 4. The van der Waals surface area contributed by atoms with Crippen LogP contribution in [0.3, 0.4) is 0 Å². The van der Waals surface area contributed by atoms with Crippen LogP contribution in [0.2, 0.25) is 0 Å². The summed E-state index contributed by atoms with van der Waals surface area (Å²) in [6.45, 7) is 6.94. The first-order chi connectivity index (χ1) is 9.24. The van der Waals surface area contributed by atoms with Gasteiger partial charge in [-0.2, -0.15) is 5.26 Å².